The Morgan fingerprint density at radius 3 is 2.65 bits per heavy atom. The first-order chi connectivity index (χ1) is 15.2. The highest BCUT2D eigenvalue weighted by molar-refractivity contribution is 7.99. The second-order valence-electron chi connectivity index (χ2n) is 6.81. The number of aromatic nitrogens is 3. The van der Waals surface area contributed by atoms with Gasteiger partial charge in [0, 0.05) is 13.0 Å². The average Bonchev–Trinajstić information content (AvgIpc) is 3.62. The minimum Gasteiger partial charge on any atom is -0.467 e. The molecule has 1 atom stereocenters. The molecule has 7 nitrogen and oxygen atoms in total. The maximum absolute atomic E-state index is 13.2. The molecule has 1 aliphatic rings. The van der Waals surface area contributed by atoms with Crippen LogP contribution in [0.5, 0.6) is 0 Å². The van der Waals surface area contributed by atoms with Crippen LogP contribution in [-0.2, 0) is 11.3 Å². The van der Waals surface area contributed by atoms with Crippen molar-refractivity contribution in [3.05, 3.63) is 64.1 Å². The summed E-state index contributed by atoms with van der Waals surface area (Å²) in [6.07, 6.45) is 2.27. The van der Waals surface area contributed by atoms with Crippen molar-refractivity contribution in [3.8, 4) is 10.7 Å². The maximum Gasteiger partial charge on any atom is 0.253 e. The molecule has 4 aromatic rings. The maximum atomic E-state index is 13.2. The quantitative estimate of drug-likeness (QED) is 0.350. The lowest BCUT2D eigenvalue weighted by Gasteiger charge is -2.19. The van der Waals surface area contributed by atoms with Gasteiger partial charge in [0.05, 0.1) is 27.5 Å². The van der Waals surface area contributed by atoms with Crippen LogP contribution in [-0.4, -0.2) is 37.1 Å². The second kappa shape index (κ2) is 8.81. The zero-order valence-corrected chi connectivity index (χ0v) is 19.1. The lowest BCUT2D eigenvalue weighted by molar-refractivity contribution is -0.130. The summed E-state index contributed by atoms with van der Waals surface area (Å²) in [5, 5.41) is 19.7. The van der Waals surface area contributed by atoms with Crippen LogP contribution in [0.4, 0.5) is 0 Å². The second-order valence-corrected chi connectivity index (χ2v) is 9.65. The van der Waals surface area contributed by atoms with Crippen LogP contribution >= 0.6 is 34.4 Å². The number of hydrogen-bond acceptors (Lipinski definition) is 8. The Kier molecular flexibility index (Phi) is 5.75. The predicted octanol–water partition coefficient (Wildman–Crippen LogP) is 5.15. The number of furan rings is 1. The van der Waals surface area contributed by atoms with Gasteiger partial charge in [-0.15, -0.1) is 32.9 Å². The minimum atomic E-state index is -0.231. The highest BCUT2D eigenvalue weighted by Crippen LogP contribution is 2.35. The summed E-state index contributed by atoms with van der Waals surface area (Å²) in [5.74, 6) is 1.72. The fourth-order valence-electron chi connectivity index (χ4n) is 3.50. The van der Waals surface area contributed by atoms with E-state index in [-0.39, 0.29) is 17.7 Å². The van der Waals surface area contributed by atoms with E-state index in [0.29, 0.717) is 6.42 Å². The Hall–Kier alpha value is -2.69. The molecule has 0 saturated heterocycles. The Morgan fingerprint density at radius 1 is 1.16 bits per heavy atom. The summed E-state index contributed by atoms with van der Waals surface area (Å²) in [5.41, 5.74) is 0.909. The third-order valence-corrected chi connectivity index (χ3v) is 7.68. The van der Waals surface area contributed by atoms with Gasteiger partial charge in [-0.05, 0) is 41.9 Å². The van der Waals surface area contributed by atoms with E-state index >= 15 is 0 Å². The van der Waals surface area contributed by atoms with Crippen molar-refractivity contribution in [1.82, 2.24) is 19.8 Å². The summed E-state index contributed by atoms with van der Waals surface area (Å²) in [4.78, 5) is 15.3. The number of amides is 1. The van der Waals surface area contributed by atoms with Crippen LogP contribution in [0.1, 0.15) is 30.0 Å². The summed E-state index contributed by atoms with van der Waals surface area (Å²) in [7, 11) is 0. The molecular weight excluding hydrogens is 450 g/mol. The highest BCUT2D eigenvalue weighted by atomic mass is 32.2. The molecule has 0 aromatic carbocycles. The minimum absolute atomic E-state index is 0.0821. The summed E-state index contributed by atoms with van der Waals surface area (Å²) < 4.78 is 7.65. The molecule has 10 heteroatoms. The van der Waals surface area contributed by atoms with Crippen LogP contribution in [0.25, 0.3) is 10.7 Å². The van der Waals surface area contributed by atoms with E-state index < -0.39 is 0 Å². The molecule has 0 radical (unpaired) electrons. The van der Waals surface area contributed by atoms with Crippen molar-refractivity contribution in [2.45, 2.75) is 31.1 Å². The number of hydrogen-bond donors (Lipinski definition) is 0. The monoisotopic (exact) mass is 469 g/mol. The van der Waals surface area contributed by atoms with Crippen molar-refractivity contribution in [2.24, 2.45) is 5.10 Å². The molecule has 158 valence electrons. The lowest BCUT2D eigenvalue weighted by Crippen LogP contribution is -2.28. The Labute approximate surface area is 191 Å². The molecule has 0 spiro atoms. The predicted molar refractivity (Wildman–Crippen MR) is 124 cm³/mol. The average molecular weight is 470 g/mol. The summed E-state index contributed by atoms with van der Waals surface area (Å²) in [6.45, 7) is 2.79. The molecule has 5 heterocycles. The number of thioether (sulfide) groups is 1. The van der Waals surface area contributed by atoms with Crippen molar-refractivity contribution >= 4 is 46.1 Å². The molecular formula is C21H19N5O2S3. The molecule has 0 saturated carbocycles. The Bertz CT molecular complexity index is 1180. The Balaban J connectivity index is 1.35. The number of rotatable bonds is 7. The summed E-state index contributed by atoms with van der Waals surface area (Å²) in [6, 6.07) is 11.5. The van der Waals surface area contributed by atoms with Crippen LogP contribution < -0.4 is 0 Å². The molecule has 0 bridgehead atoms. The zero-order valence-electron chi connectivity index (χ0n) is 16.7. The van der Waals surface area contributed by atoms with E-state index in [1.807, 2.05) is 51.7 Å². The van der Waals surface area contributed by atoms with Crippen molar-refractivity contribution < 1.29 is 9.21 Å². The normalized spacial score (nSPS) is 16.1. The molecule has 4 aromatic heterocycles. The fraction of sp³-hybridized carbons (Fsp3) is 0.238. The van der Waals surface area contributed by atoms with Crippen LogP contribution in [0.15, 0.2) is 68.1 Å². The van der Waals surface area contributed by atoms with E-state index in [1.54, 1.807) is 33.9 Å². The third-order valence-electron chi connectivity index (χ3n) is 4.94. The topological polar surface area (TPSA) is 76.5 Å². The van der Waals surface area contributed by atoms with Gasteiger partial charge in [0.25, 0.3) is 5.91 Å². The smallest absolute Gasteiger partial charge is 0.253 e. The number of thiophene rings is 2. The van der Waals surface area contributed by atoms with Gasteiger partial charge in [-0.3, -0.25) is 4.79 Å². The van der Waals surface area contributed by atoms with Crippen molar-refractivity contribution in [2.75, 3.05) is 5.75 Å². The van der Waals surface area contributed by atoms with Gasteiger partial charge in [0.1, 0.15) is 11.8 Å². The van der Waals surface area contributed by atoms with E-state index in [2.05, 4.69) is 22.2 Å². The first-order valence-electron chi connectivity index (χ1n) is 9.81. The van der Waals surface area contributed by atoms with Gasteiger partial charge in [-0.1, -0.05) is 23.9 Å². The molecule has 0 unspecified atom stereocenters. The first kappa shape index (κ1) is 20.2. The third kappa shape index (κ3) is 3.98. The van der Waals surface area contributed by atoms with Gasteiger partial charge in [0.15, 0.2) is 11.0 Å². The van der Waals surface area contributed by atoms with E-state index in [9.17, 15) is 4.79 Å². The molecule has 5 rings (SSSR count). The molecule has 1 amide bonds. The van der Waals surface area contributed by atoms with E-state index in [0.717, 1.165) is 38.8 Å². The molecule has 1 aliphatic heterocycles. The number of nitrogens with zero attached hydrogens (tertiary/aromatic N) is 5. The molecule has 0 N–H and O–H groups in total. The molecule has 0 aliphatic carbocycles. The highest BCUT2D eigenvalue weighted by Gasteiger charge is 2.35. The molecule has 31 heavy (non-hydrogen) atoms. The van der Waals surface area contributed by atoms with Gasteiger partial charge in [-0.2, -0.15) is 5.10 Å². The summed E-state index contributed by atoms with van der Waals surface area (Å²) >= 11 is 4.64. The van der Waals surface area contributed by atoms with Gasteiger partial charge in [-0.25, -0.2) is 5.01 Å². The van der Waals surface area contributed by atoms with Crippen molar-refractivity contribution in [1.29, 1.82) is 0 Å². The van der Waals surface area contributed by atoms with Crippen LogP contribution in [0, 0.1) is 0 Å². The first-order valence-corrected chi connectivity index (χ1v) is 12.6. The standard InChI is InChI=1S/C21H19N5O2S3/c1-2-25-20(18-8-5-11-30-18)22-23-21(25)31-13-19(27)26-15(16-6-3-9-28-16)12-14(24-26)17-7-4-10-29-17/h3-11,15H,2,12-13H2,1H3/t15-/m1/s1. The zero-order chi connectivity index (χ0) is 21.2. The van der Waals surface area contributed by atoms with Gasteiger partial charge >= 0.3 is 0 Å². The lowest BCUT2D eigenvalue weighted by atomic mass is 10.1. The number of carbonyl (C=O) groups is 1. The van der Waals surface area contributed by atoms with Crippen molar-refractivity contribution in [3.63, 3.8) is 0 Å². The van der Waals surface area contributed by atoms with Crippen LogP contribution in [0.3, 0.4) is 0 Å². The fourth-order valence-corrected chi connectivity index (χ4v) is 5.79. The van der Waals surface area contributed by atoms with E-state index in [1.165, 1.54) is 11.8 Å². The number of carbonyl (C=O) groups excluding carboxylic acids is 1. The van der Waals surface area contributed by atoms with Crippen LogP contribution in [0.2, 0.25) is 0 Å². The Morgan fingerprint density at radius 2 is 1.97 bits per heavy atom. The number of hydrazone groups is 1. The van der Waals surface area contributed by atoms with Gasteiger partial charge in [0.2, 0.25) is 0 Å². The largest absolute Gasteiger partial charge is 0.467 e. The SMILES string of the molecule is CCn1c(SCC(=O)N2N=C(c3cccs3)C[C@@H]2c2ccco2)nnc1-c1cccs1. The van der Waals surface area contributed by atoms with Gasteiger partial charge < -0.3 is 8.98 Å². The van der Waals surface area contributed by atoms with E-state index in [4.69, 9.17) is 4.42 Å². The molecule has 0 fully saturated rings.